The van der Waals surface area contributed by atoms with Crippen LogP contribution in [0, 0.1) is 0 Å². The highest BCUT2D eigenvalue weighted by Gasteiger charge is 2.03. The molecule has 0 bridgehead atoms. The van der Waals surface area contributed by atoms with Crippen LogP contribution in [0.15, 0.2) is 30.3 Å². The van der Waals surface area contributed by atoms with Crippen molar-refractivity contribution >= 4 is 11.8 Å². The summed E-state index contributed by atoms with van der Waals surface area (Å²) >= 11 is 0. The quantitative estimate of drug-likeness (QED) is 0.390. The van der Waals surface area contributed by atoms with E-state index in [4.69, 9.17) is 5.21 Å². The molecular formula is C11H14N2O3. The fourth-order valence-electron chi connectivity index (χ4n) is 1.20. The van der Waals surface area contributed by atoms with E-state index in [2.05, 4.69) is 5.32 Å². The van der Waals surface area contributed by atoms with Gasteiger partial charge in [0.15, 0.2) is 0 Å². The zero-order chi connectivity index (χ0) is 11.8. The molecule has 16 heavy (non-hydrogen) atoms. The van der Waals surface area contributed by atoms with Crippen LogP contribution in [0.4, 0.5) is 0 Å². The molecule has 0 aliphatic carbocycles. The van der Waals surface area contributed by atoms with Gasteiger partial charge in [0.1, 0.15) is 0 Å². The van der Waals surface area contributed by atoms with E-state index >= 15 is 0 Å². The number of hydrogen-bond donors (Lipinski definition) is 3. The van der Waals surface area contributed by atoms with Gasteiger partial charge in [0, 0.05) is 18.5 Å². The molecule has 0 spiro atoms. The fourth-order valence-corrected chi connectivity index (χ4v) is 1.20. The van der Waals surface area contributed by atoms with Crippen molar-refractivity contribution in [2.24, 2.45) is 0 Å². The fraction of sp³-hybridized carbons (Fsp3) is 0.273. The smallest absolute Gasteiger partial charge is 0.251 e. The van der Waals surface area contributed by atoms with E-state index in [1.807, 2.05) is 6.07 Å². The number of hydroxylamine groups is 1. The van der Waals surface area contributed by atoms with E-state index in [1.54, 1.807) is 24.3 Å². The lowest BCUT2D eigenvalue weighted by atomic mass is 10.2. The van der Waals surface area contributed by atoms with E-state index < -0.39 is 5.91 Å². The number of benzene rings is 1. The third-order valence-electron chi connectivity index (χ3n) is 2.03. The molecule has 5 heteroatoms. The van der Waals surface area contributed by atoms with Crippen molar-refractivity contribution in [3.63, 3.8) is 0 Å². The summed E-state index contributed by atoms with van der Waals surface area (Å²) in [4.78, 5) is 22.2. The molecule has 0 radical (unpaired) electrons. The molecule has 0 fully saturated rings. The monoisotopic (exact) mass is 222 g/mol. The summed E-state index contributed by atoms with van der Waals surface area (Å²) in [5.41, 5.74) is 2.12. The molecule has 1 aromatic carbocycles. The predicted octanol–water partition coefficient (Wildman–Crippen LogP) is 0.702. The molecule has 1 aromatic rings. The van der Waals surface area contributed by atoms with Gasteiger partial charge < -0.3 is 5.32 Å². The normalized spacial score (nSPS) is 9.56. The van der Waals surface area contributed by atoms with Gasteiger partial charge in [0.05, 0.1) is 0 Å². The first-order chi connectivity index (χ1) is 7.74. The summed E-state index contributed by atoms with van der Waals surface area (Å²) in [5.74, 6) is -0.612. The van der Waals surface area contributed by atoms with Crippen molar-refractivity contribution in [1.29, 1.82) is 0 Å². The van der Waals surface area contributed by atoms with Crippen LogP contribution in [0.1, 0.15) is 23.2 Å². The van der Waals surface area contributed by atoms with Crippen molar-refractivity contribution in [2.45, 2.75) is 12.8 Å². The minimum atomic E-state index is -0.450. The number of carbonyl (C=O) groups is 2. The van der Waals surface area contributed by atoms with Gasteiger partial charge in [-0.3, -0.25) is 14.8 Å². The summed E-state index contributed by atoms with van der Waals surface area (Å²) in [7, 11) is 0. The summed E-state index contributed by atoms with van der Waals surface area (Å²) in [6, 6.07) is 8.84. The Morgan fingerprint density at radius 2 is 1.88 bits per heavy atom. The molecule has 0 heterocycles. The van der Waals surface area contributed by atoms with Crippen LogP contribution in [0.5, 0.6) is 0 Å². The predicted molar refractivity (Wildman–Crippen MR) is 57.9 cm³/mol. The van der Waals surface area contributed by atoms with Gasteiger partial charge in [0.2, 0.25) is 5.91 Å². The van der Waals surface area contributed by atoms with Crippen LogP contribution in [-0.2, 0) is 4.79 Å². The van der Waals surface area contributed by atoms with Crippen molar-refractivity contribution in [3.05, 3.63) is 35.9 Å². The van der Waals surface area contributed by atoms with Gasteiger partial charge in [-0.15, -0.1) is 0 Å². The molecule has 0 aliphatic rings. The standard InChI is InChI=1S/C11H14N2O3/c14-10(13-16)7-4-8-12-11(15)9-5-2-1-3-6-9/h1-3,5-6,16H,4,7-8H2,(H,12,15)(H,13,14). The average molecular weight is 222 g/mol. The van der Waals surface area contributed by atoms with Crippen LogP contribution in [0.2, 0.25) is 0 Å². The van der Waals surface area contributed by atoms with Crippen molar-refractivity contribution in [3.8, 4) is 0 Å². The van der Waals surface area contributed by atoms with E-state index in [9.17, 15) is 9.59 Å². The summed E-state index contributed by atoms with van der Waals surface area (Å²) in [6.45, 7) is 0.404. The summed E-state index contributed by atoms with van der Waals surface area (Å²) in [6.07, 6.45) is 0.677. The minimum Gasteiger partial charge on any atom is -0.352 e. The Bertz CT molecular complexity index is 352. The Morgan fingerprint density at radius 1 is 1.19 bits per heavy atom. The van der Waals surface area contributed by atoms with Crippen molar-refractivity contribution in [2.75, 3.05) is 6.54 Å². The number of nitrogens with one attached hydrogen (secondary N) is 2. The van der Waals surface area contributed by atoms with E-state index in [0.717, 1.165) is 0 Å². The van der Waals surface area contributed by atoms with E-state index in [-0.39, 0.29) is 12.3 Å². The molecule has 0 aliphatic heterocycles. The summed E-state index contributed by atoms with van der Waals surface area (Å²) in [5, 5.41) is 10.9. The average Bonchev–Trinajstić information content (AvgIpc) is 2.35. The molecule has 2 amide bonds. The third-order valence-corrected chi connectivity index (χ3v) is 2.03. The SMILES string of the molecule is O=C(CCCNC(=O)c1ccccc1)NO. The Balaban J connectivity index is 2.24. The zero-order valence-electron chi connectivity index (χ0n) is 8.77. The Morgan fingerprint density at radius 3 is 2.50 bits per heavy atom. The number of carbonyl (C=O) groups excluding carboxylic acids is 2. The molecule has 1 rings (SSSR count). The number of hydrogen-bond acceptors (Lipinski definition) is 3. The van der Waals surface area contributed by atoms with Crippen LogP contribution >= 0.6 is 0 Å². The lowest BCUT2D eigenvalue weighted by Crippen LogP contribution is -2.26. The van der Waals surface area contributed by atoms with Crippen LogP contribution in [-0.4, -0.2) is 23.6 Å². The topological polar surface area (TPSA) is 78.4 Å². The molecule has 5 nitrogen and oxygen atoms in total. The molecule has 0 aromatic heterocycles. The van der Waals surface area contributed by atoms with Gasteiger partial charge in [0.25, 0.3) is 5.91 Å². The maximum atomic E-state index is 11.5. The Kier molecular flexibility index (Phi) is 5.01. The minimum absolute atomic E-state index is 0.162. The Labute approximate surface area is 93.4 Å². The zero-order valence-corrected chi connectivity index (χ0v) is 8.77. The molecule has 86 valence electrons. The maximum absolute atomic E-state index is 11.5. The van der Waals surface area contributed by atoms with Gasteiger partial charge in [-0.1, -0.05) is 18.2 Å². The highest BCUT2D eigenvalue weighted by atomic mass is 16.5. The molecule has 0 atom stereocenters. The first-order valence-electron chi connectivity index (χ1n) is 5.00. The van der Waals surface area contributed by atoms with E-state index in [0.29, 0.717) is 18.5 Å². The third kappa shape index (κ3) is 4.10. The molecule has 0 unspecified atom stereocenters. The van der Waals surface area contributed by atoms with E-state index in [1.165, 1.54) is 5.48 Å². The van der Waals surface area contributed by atoms with Gasteiger partial charge >= 0.3 is 0 Å². The van der Waals surface area contributed by atoms with Gasteiger partial charge in [-0.25, -0.2) is 5.48 Å². The van der Waals surface area contributed by atoms with Crippen LogP contribution in [0.3, 0.4) is 0 Å². The van der Waals surface area contributed by atoms with Crippen LogP contribution < -0.4 is 10.8 Å². The van der Waals surface area contributed by atoms with Crippen molar-refractivity contribution < 1.29 is 14.8 Å². The van der Waals surface area contributed by atoms with Gasteiger partial charge in [-0.2, -0.15) is 0 Å². The maximum Gasteiger partial charge on any atom is 0.251 e. The highest BCUT2D eigenvalue weighted by molar-refractivity contribution is 5.94. The molecule has 0 saturated carbocycles. The second-order valence-corrected chi connectivity index (χ2v) is 3.26. The lowest BCUT2D eigenvalue weighted by molar-refractivity contribution is -0.129. The highest BCUT2D eigenvalue weighted by Crippen LogP contribution is 1.97. The largest absolute Gasteiger partial charge is 0.352 e. The number of amides is 2. The van der Waals surface area contributed by atoms with Crippen LogP contribution in [0.25, 0.3) is 0 Å². The first kappa shape index (κ1) is 12.2. The van der Waals surface area contributed by atoms with Crippen molar-refractivity contribution in [1.82, 2.24) is 10.8 Å². The first-order valence-corrected chi connectivity index (χ1v) is 5.00. The summed E-state index contributed by atoms with van der Waals surface area (Å²) < 4.78 is 0. The second-order valence-electron chi connectivity index (χ2n) is 3.26. The lowest BCUT2D eigenvalue weighted by Gasteiger charge is -2.04. The molecule has 0 saturated heterocycles. The number of rotatable bonds is 5. The molecular weight excluding hydrogens is 208 g/mol. The Hall–Kier alpha value is -1.88. The molecule has 3 N–H and O–H groups in total. The van der Waals surface area contributed by atoms with Gasteiger partial charge in [-0.05, 0) is 18.6 Å². The second kappa shape index (κ2) is 6.58.